The second-order valence-electron chi connectivity index (χ2n) is 10.2. The van der Waals surface area contributed by atoms with E-state index < -0.39 is 0 Å². The molecule has 200 valence electrons. The topological polar surface area (TPSA) is 73.0 Å². The zero-order valence-corrected chi connectivity index (χ0v) is 23.0. The summed E-state index contributed by atoms with van der Waals surface area (Å²) in [6.45, 7) is 15.1. The van der Waals surface area contributed by atoms with Gasteiger partial charge in [0.15, 0.2) is 5.76 Å². The third-order valence-electron chi connectivity index (χ3n) is 5.97. The number of carbonyl (C=O) groups is 1. The van der Waals surface area contributed by atoms with Crippen molar-refractivity contribution in [1.29, 1.82) is 0 Å². The Morgan fingerprint density at radius 1 is 0.842 bits per heavy atom. The van der Waals surface area contributed by atoms with E-state index in [0.717, 1.165) is 36.3 Å². The predicted molar refractivity (Wildman–Crippen MR) is 154 cm³/mol. The number of methoxy groups -OCH3 is 1. The van der Waals surface area contributed by atoms with Gasteiger partial charge >= 0.3 is 0 Å². The molecule has 0 amide bonds. The van der Waals surface area contributed by atoms with Gasteiger partial charge in [0.1, 0.15) is 37.0 Å². The first-order chi connectivity index (χ1) is 18.1. The molecule has 0 unspecified atom stereocenters. The van der Waals surface area contributed by atoms with Gasteiger partial charge in [-0.1, -0.05) is 64.1 Å². The molecule has 0 spiro atoms. The molecule has 2 aromatic carbocycles. The van der Waals surface area contributed by atoms with Crippen LogP contribution in [0.4, 0.5) is 11.4 Å². The molecule has 2 aliphatic carbocycles. The first kappa shape index (κ1) is 28.5. The summed E-state index contributed by atoms with van der Waals surface area (Å²) in [7, 11) is 1.47. The number of benzene rings is 2. The van der Waals surface area contributed by atoms with Crippen LogP contribution in [0.25, 0.3) is 0 Å². The molecule has 0 bridgehead atoms. The lowest BCUT2D eigenvalue weighted by atomic mass is 9.84. The van der Waals surface area contributed by atoms with Crippen molar-refractivity contribution in [3.63, 3.8) is 0 Å². The van der Waals surface area contributed by atoms with Crippen molar-refractivity contribution in [2.75, 3.05) is 25.1 Å². The molecule has 4 rings (SSSR count). The number of aliphatic hydroxyl groups is 2. The largest absolute Gasteiger partial charge is 0.507 e. The molecule has 2 aromatic rings. The molecular weight excluding hydrogens is 476 g/mol. The standard InChI is InChI=1S/C23H19NO4.C9H20N/c1-28-23-20(19-17(25)13-8-14-18(19)26)22(27)21(23)24(15-9-4-2-5-10-15)16-11-6-3-7-12-16;1-8(2)6-10(5)7-9(3)4/h2-7,9-14,25-26H,8H2,1H3;8-9H,5-7H2,1-4H3/q;+1. The lowest BCUT2D eigenvalue weighted by molar-refractivity contribution is -0.531. The average Bonchev–Trinajstić information content (AvgIpc) is 2.87. The van der Waals surface area contributed by atoms with Gasteiger partial charge in [0.2, 0.25) is 5.78 Å². The number of para-hydroxylation sites is 2. The molecule has 0 atom stereocenters. The Morgan fingerprint density at radius 3 is 1.68 bits per heavy atom. The molecule has 0 aromatic heterocycles. The van der Waals surface area contributed by atoms with Crippen LogP contribution in [-0.4, -0.2) is 47.5 Å². The van der Waals surface area contributed by atoms with E-state index in [9.17, 15) is 15.0 Å². The minimum absolute atomic E-state index is 0.109. The molecular formula is C32H39N2O4+. The highest BCUT2D eigenvalue weighted by Gasteiger charge is 2.43. The van der Waals surface area contributed by atoms with Gasteiger partial charge in [0.05, 0.1) is 18.3 Å². The monoisotopic (exact) mass is 515 g/mol. The number of carbonyl (C=O) groups excluding carboxylic acids is 1. The molecule has 2 N–H and O–H groups in total. The second kappa shape index (κ2) is 13.0. The number of nitrogens with zero attached hydrogens (tertiary/aromatic N) is 2. The van der Waals surface area contributed by atoms with Crippen LogP contribution in [0, 0.1) is 11.8 Å². The Hall–Kier alpha value is -4.06. The maximum atomic E-state index is 13.2. The fourth-order valence-electron chi connectivity index (χ4n) is 4.55. The summed E-state index contributed by atoms with van der Waals surface area (Å²) < 4.78 is 7.69. The maximum absolute atomic E-state index is 13.2. The van der Waals surface area contributed by atoms with E-state index in [1.807, 2.05) is 65.6 Å². The van der Waals surface area contributed by atoms with Crippen molar-refractivity contribution >= 4 is 23.9 Å². The molecule has 0 aliphatic heterocycles. The molecule has 0 radical (unpaired) electrons. The number of hydrogen-bond acceptors (Lipinski definition) is 5. The fourth-order valence-corrected chi connectivity index (χ4v) is 4.55. The van der Waals surface area contributed by atoms with E-state index in [4.69, 9.17) is 4.74 Å². The highest BCUT2D eigenvalue weighted by molar-refractivity contribution is 6.23. The first-order valence-corrected chi connectivity index (χ1v) is 13.0. The summed E-state index contributed by atoms with van der Waals surface area (Å²) >= 11 is 0. The number of ketones is 1. The van der Waals surface area contributed by atoms with Crippen LogP contribution < -0.4 is 4.90 Å². The predicted octanol–water partition coefficient (Wildman–Crippen LogP) is 6.86. The van der Waals surface area contributed by atoms with E-state index >= 15 is 0 Å². The minimum atomic E-state index is -0.304. The van der Waals surface area contributed by atoms with Gasteiger partial charge in [-0.2, -0.15) is 0 Å². The highest BCUT2D eigenvalue weighted by atomic mass is 16.5. The third-order valence-corrected chi connectivity index (χ3v) is 5.97. The lowest BCUT2D eigenvalue weighted by Gasteiger charge is -2.35. The average molecular weight is 516 g/mol. The maximum Gasteiger partial charge on any atom is 0.218 e. The number of anilines is 2. The number of ether oxygens (including phenoxy) is 1. The van der Waals surface area contributed by atoms with Crippen molar-refractivity contribution in [3.05, 3.63) is 107 Å². The normalized spacial score (nSPS) is 15.0. The number of hydrogen-bond donors (Lipinski definition) is 2. The van der Waals surface area contributed by atoms with Crippen LogP contribution in [0.15, 0.2) is 107 Å². The summed E-state index contributed by atoms with van der Waals surface area (Å²) in [5, 5.41) is 20.4. The fraction of sp³-hybridized carbons (Fsp3) is 0.312. The van der Waals surface area contributed by atoms with Crippen LogP contribution >= 0.6 is 0 Å². The molecule has 0 fully saturated rings. The molecule has 0 saturated carbocycles. The van der Waals surface area contributed by atoms with Crippen LogP contribution in [0.2, 0.25) is 0 Å². The smallest absolute Gasteiger partial charge is 0.218 e. The van der Waals surface area contributed by atoms with Crippen LogP contribution in [0.1, 0.15) is 34.1 Å². The number of aliphatic hydroxyl groups excluding tert-OH is 2. The summed E-state index contributed by atoms with van der Waals surface area (Å²) in [5.74, 6) is 1.24. The van der Waals surface area contributed by atoms with Gasteiger partial charge in [-0.15, -0.1) is 0 Å². The summed E-state index contributed by atoms with van der Waals surface area (Å²) in [4.78, 5) is 15.0. The number of allylic oxidation sites excluding steroid dienone is 4. The SMILES string of the molecule is C=[N+](CC(C)C)CC(C)C.COC1=C(N(c2ccccc2)c2ccccc2)C(=O)C1=C1C(O)=CCC=C1O. The zero-order valence-electron chi connectivity index (χ0n) is 23.0. The molecule has 2 aliphatic rings. The van der Waals surface area contributed by atoms with Gasteiger partial charge in [-0.05, 0) is 42.8 Å². The minimum Gasteiger partial charge on any atom is -0.507 e. The van der Waals surface area contributed by atoms with Gasteiger partial charge in [-0.3, -0.25) is 4.79 Å². The van der Waals surface area contributed by atoms with Gasteiger partial charge in [-0.25, -0.2) is 4.58 Å². The Morgan fingerprint density at radius 2 is 1.29 bits per heavy atom. The van der Waals surface area contributed by atoms with Crippen LogP contribution in [0.3, 0.4) is 0 Å². The number of Topliss-reactive ketones (excluding diaryl/α,β-unsaturated/α-hetero) is 1. The molecule has 0 saturated heterocycles. The molecule has 6 heteroatoms. The lowest BCUT2D eigenvalue weighted by Crippen LogP contribution is -2.36. The molecule has 38 heavy (non-hydrogen) atoms. The van der Waals surface area contributed by atoms with E-state index in [-0.39, 0.29) is 28.4 Å². The summed E-state index contributed by atoms with van der Waals surface area (Å²) in [6.07, 6.45) is 3.50. The second-order valence-corrected chi connectivity index (χ2v) is 10.2. The van der Waals surface area contributed by atoms with Gasteiger partial charge < -0.3 is 19.8 Å². The van der Waals surface area contributed by atoms with Crippen molar-refractivity contribution < 1.29 is 24.3 Å². The quantitative estimate of drug-likeness (QED) is 0.228. The summed E-state index contributed by atoms with van der Waals surface area (Å²) in [6, 6.07) is 19.0. The highest BCUT2D eigenvalue weighted by Crippen LogP contribution is 2.44. The Labute approximate surface area is 226 Å². The van der Waals surface area contributed by atoms with Crippen LogP contribution in [-0.2, 0) is 9.53 Å². The summed E-state index contributed by atoms with van der Waals surface area (Å²) in [5.41, 5.74) is 2.25. The van der Waals surface area contributed by atoms with E-state index in [1.54, 1.807) is 12.2 Å². The Balaban J connectivity index is 0.000000342. The Kier molecular flexibility index (Phi) is 9.72. The van der Waals surface area contributed by atoms with Crippen molar-refractivity contribution in [2.24, 2.45) is 11.8 Å². The van der Waals surface area contributed by atoms with Crippen molar-refractivity contribution in [1.82, 2.24) is 0 Å². The molecule has 6 nitrogen and oxygen atoms in total. The zero-order chi connectivity index (χ0) is 27.8. The van der Waals surface area contributed by atoms with E-state index in [2.05, 4.69) is 39.0 Å². The number of rotatable bonds is 8. The van der Waals surface area contributed by atoms with E-state index in [1.165, 1.54) is 7.11 Å². The Bertz CT molecular complexity index is 1200. The van der Waals surface area contributed by atoms with Gasteiger partial charge in [0, 0.05) is 23.2 Å². The van der Waals surface area contributed by atoms with Crippen LogP contribution in [0.5, 0.6) is 0 Å². The van der Waals surface area contributed by atoms with Crippen molar-refractivity contribution in [2.45, 2.75) is 34.1 Å². The van der Waals surface area contributed by atoms with E-state index in [0.29, 0.717) is 17.9 Å². The van der Waals surface area contributed by atoms with Crippen molar-refractivity contribution in [3.8, 4) is 0 Å². The first-order valence-electron chi connectivity index (χ1n) is 13.0. The third kappa shape index (κ3) is 6.62. The van der Waals surface area contributed by atoms with Gasteiger partial charge in [0.25, 0.3) is 0 Å². The molecule has 0 heterocycles.